The van der Waals surface area contributed by atoms with E-state index in [0.29, 0.717) is 0 Å². The van der Waals surface area contributed by atoms with E-state index in [1.165, 1.54) is 77.0 Å². The molecule has 2 atom stereocenters. The number of rotatable bonds is 16. The molecule has 206 valence electrons. The van der Waals surface area contributed by atoms with Gasteiger partial charge in [0.15, 0.2) is 11.6 Å². The number of benzene rings is 2. The van der Waals surface area contributed by atoms with E-state index in [1.807, 2.05) is 48.5 Å². The highest BCUT2D eigenvalue weighted by Gasteiger charge is 2.50. The number of hydrogen-bond acceptors (Lipinski definition) is 4. The molecule has 0 amide bonds. The number of carbonyl (C=O) groups excluding carboxylic acids is 2. The van der Waals surface area contributed by atoms with Gasteiger partial charge in [0.1, 0.15) is 12.1 Å². The van der Waals surface area contributed by atoms with E-state index < -0.39 is 12.1 Å². The molecule has 0 aromatic heterocycles. The monoisotopic (exact) mass is 516 g/mol. The van der Waals surface area contributed by atoms with Crippen molar-refractivity contribution in [2.24, 2.45) is 0 Å². The first-order chi connectivity index (χ1) is 18.7. The molecule has 0 radical (unpaired) electrons. The summed E-state index contributed by atoms with van der Waals surface area (Å²) in [5.74, 6) is 0.208. The van der Waals surface area contributed by atoms with E-state index in [4.69, 9.17) is 0 Å². The molecular weight excluding hydrogens is 468 g/mol. The summed E-state index contributed by atoms with van der Waals surface area (Å²) < 4.78 is 0. The van der Waals surface area contributed by atoms with Crippen molar-refractivity contribution in [3.8, 4) is 0 Å². The highest BCUT2D eigenvalue weighted by Crippen LogP contribution is 2.41. The van der Waals surface area contributed by atoms with Gasteiger partial charge in [-0.3, -0.25) is 9.59 Å². The lowest BCUT2D eigenvalue weighted by Crippen LogP contribution is -2.65. The highest BCUT2D eigenvalue weighted by molar-refractivity contribution is 6.19. The van der Waals surface area contributed by atoms with Gasteiger partial charge >= 0.3 is 0 Å². The molecule has 2 aliphatic heterocycles. The van der Waals surface area contributed by atoms with Gasteiger partial charge in [0.2, 0.25) is 0 Å². The van der Waals surface area contributed by atoms with Gasteiger partial charge in [-0.2, -0.15) is 0 Å². The normalized spacial score (nSPS) is 18.4. The zero-order valence-corrected chi connectivity index (χ0v) is 23.8. The first-order valence-electron chi connectivity index (χ1n) is 15.5. The van der Waals surface area contributed by atoms with Crippen LogP contribution in [0.1, 0.15) is 124 Å². The van der Waals surface area contributed by atoms with E-state index in [9.17, 15) is 9.59 Å². The summed E-state index contributed by atoms with van der Waals surface area (Å²) >= 11 is 0. The lowest BCUT2D eigenvalue weighted by atomic mass is 9.80. The molecule has 0 bridgehead atoms. The van der Waals surface area contributed by atoms with Gasteiger partial charge in [-0.15, -0.1) is 0 Å². The number of hydrogen-bond donors (Lipinski definition) is 0. The van der Waals surface area contributed by atoms with Crippen LogP contribution in [0.5, 0.6) is 0 Å². The lowest BCUT2D eigenvalue weighted by molar-refractivity contribution is 0.0840. The quantitative estimate of drug-likeness (QED) is 0.209. The van der Waals surface area contributed by atoms with Crippen molar-refractivity contribution in [3.05, 3.63) is 59.7 Å². The van der Waals surface area contributed by atoms with E-state index in [1.54, 1.807) is 0 Å². The van der Waals surface area contributed by atoms with E-state index in [2.05, 4.69) is 23.6 Å². The third kappa shape index (κ3) is 6.50. The van der Waals surface area contributed by atoms with Crippen LogP contribution in [0.4, 0.5) is 11.4 Å². The predicted molar refractivity (Wildman–Crippen MR) is 160 cm³/mol. The Labute approximate surface area is 230 Å². The maximum absolute atomic E-state index is 14.0. The first kappa shape index (κ1) is 28.4. The van der Waals surface area contributed by atoms with Gasteiger partial charge in [-0.05, 0) is 37.1 Å². The number of fused-ring (bicyclic) bond motifs is 3. The summed E-state index contributed by atoms with van der Waals surface area (Å²) in [5, 5.41) is 0. The second-order valence-corrected chi connectivity index (χ2v) is 11.3. The molecule has 4 rings (SSSR count). The molecule has 2 heterocycles. The van der Waals surface area contributed by atoms with Crippen molar-refractivity contribution < 1.29 is 9.59 Å². The largest absolute Gasteiger partial charge is 0.358 e. The van der Waals surface area contributed by atoms with Crippen molar-refractivity contribution in [1.82, 2.24) is 0 Å². The minimum Gasteiger partial charge on any atom is -0.358 e. The molecule has 38 heavy (non-hydrogen) atoms. The molecule has 0 saturated heterocycles. The Balaban J connectivity index is 1.54. The Bertz CT molecular complexity index is 965. The molecule has 2 aromatic rings. The summed E-state index contributed by atoms with van der Waals surface area (Å²) in [6.45, 7) is 6.14. The maximum Gasteiger partial charge on any atom is 0.189 e. The zero-order valence-electron chi connectivity index (χ0n) is 23.8. The average molecular weight is 517 g/mol. The fourth-order valence-corrected chi connectivity index (χ4v) is 6.39. The third-order valence-corrected chi connectivity index (χ3v) is 8.47. The summed E-state index contributed by atoms with van der Waals surface area (Å²) in [7, 11) is 0. The molecule has 2 unspecified atom stereocenters. The van der Waals surface area contributed by atoms with Crippen molar-refractivity contribution >= 4 is 22.9 Å². The Morgan fingerprint density at radius 2 is 0.842 bits per heavy atom. The molecule has 0 spiro atoms. The third-order valence-electron chi connectivity index (χ3n) is 8.47. The lowest BCUT2D eigenvalue weighted by Gasteiger charge is -2.50. The Morgan fingerprint density at radius 1 is 0.500 bits per heavy atom. The average Bonchev–Trinajstić information content (AvgIpc) is 2.95. The van der Waals surface area contributed by atoms with Crippen molar-refractivity contribution in [2.45, 2.75) is 116 Å². The van der Waals surface area contributed by atoms with Crippen LogP contribution in [-0.2, 0) is 0 Å². The van der Waals surface area contributed by atoms with Gasteiger partial charge < -0.3 is 9.80 Å². The fraction of sp³-hybridized carbons (Fsp3) is 0.588. The highest BCUT2D eigenvalue weighted by atomic mass is 16.1. The van der Waals surface area contributed by atoms with Crippen LogP contribution < -0.4 is 9.80 Å². The number of para-hydroxylation sites is 2. The number of Topliss-reactive ketones (excluding diaryl/α,β-unsaturated/α-hetero) is 2. The summed E-state index contributed by atoms with van der Waals surface area (Å²) in [6, 6.07) is 15.0. The van der Waals surface area contributed by atoms with Crippen LogP contribution in [0.25, 0.3) is 0 Å². The number of anilines is 2. The van der Waals surface area contributed by atoms with Crippen LogP contribution in [0.2, 0.25) is 0 Å². The van der Waals surface area contributed by atoms with Gasteiger partial charge in [-0.1, -0.05) is 115 Å². The van der Waals surface area contributed by atoms with Crippen LogP contribution in [0.15, 0.2) is 48.5 Å². The Morgan fingerprint density at radius 3 is 1.24 bits per heavy atom. The van der Waals surface area contributed by atoms with E-state index >= 15 is 0 Å². The zero-order chi connectivity index (χ0) is 26.7. The minimum atomic E-state index is -0.447. The molecule has 0 fully saturated rings. The van der Waals surface area contributed by atoms with Gasteiger partial charge in [0.25, 0.3) is 0 Å². The first-order valence-corrected chi connectivity index (χ1v) is 15.5. The van der Waals surface area contributed by atoms with Crippen LogP contribution in [-0.4, -0.2) is 36.7 Å². The second-order valence-electron chi connectivity index (χ2n) is 11.3. The molecule has 0 N–H and O–H groups in total. The minimum absolute atomic E-state index is 0.104. The van der Waals surface area contributed by atoms with Gasteiger partial charge in [0, 0.05) is 35.6 Å². The number of carbonyl (C=O) groups is 2. The molecule has 2 aromatic carbocycles. The molecule has 4 heteroatoms. The standard InChI is InChI=1S/C34H48N2O2/c1-3-5-7-9-11-13-19-25-35-29-23-17-15-21-27(29)34(38)32-31(35)33(37)28-22-16-18-24-30(28)36(32)26-20-14-12-10-8-6-4-2/h15-18,21-24,31-32H,3-14,19-20,25-26H2,1-2H3. The summed E-state index contributed by atoms with van der Waals surface area (Å²) in [5.41, 5.74) is 3.42. The van der Waals surface area contributed by atoms with Crippen molar-refractivity contribution in [2.75, 3.05) is 22.9 Å². The van der Waals surface area contributed by atoms with Crippen LogP contribution >= 0.6 is 0 Å². The van der Waals surface area contributed by atoms with Gasteiger partial charge in [0.05, 0.1) is 0 Å². The molecule has 2 aliphatic rings. The topological polar surface area (TPSA) is 40.6 Å². The van der Waals surface area contributed by atoms with E-state index in [0.717, 1.165) is 48.4 Å². The second kappa shape index (κ2) is 14.5. The maximum atomic E-state index is 14.0. The fourth-order valence-electron chi connectivity index (χ4n) is 6.39. The van der Waals surface area contributed by atoms with Crippen molar-refractivity contribution in [1.29, 1.82) is 0 Å². The summed E-state index contributed by atoms with van der Waals surface area (Å²) in [6.07, 6.45) is 17.3. The molecule has 0 aliphatic carbocycles. The van der Waals surface area contributed by atoms with Crippen LogP contribution in [0, 0.1) is 0 Å². The van der Waals surface area contributed by atoms with Crippen molar-refractivity contribution in [3.63, 3.8) is 0 Å². The number of nitrogens with zero attached hydrogens (tertiary/aromatic N) is 2. The molecular formula is C34H48N2O2. The number of ketones is 2. The molecule has 4 nitrogen and oxygen atoms in total. The molecule has 0 saturated carbocycles. The van der Waals surface area contributed by atoms with Crippen LogP contribution in [0.3, 0.4) is 0 Å². The van der Waals surface area contributed by atoms with E-state index in [-0.39, 0.29) is 11.6 Å². The Hall–Kier alpha value is -2.62. The summed E-state index contributed by atoms with van der Waals surface area (Å²) in [4.78, 5) is 32.6. The van der Waals surface area contributed by atoms with Gasteiger partial charge in [-0.25, -0.2) is 0 Å². The SMILES string of the molecule is CCCCCCCCCN1c2ccccc2C(=O)C2C1C(=O)c1ccccc1N2CCCCCCCCC. The Kier molecular flexibility index (Phi) is 10.8. The number of unbranched alkanes of at least 4 members (excludes halogenated alkanes) is 12. The smallest absolute Gasteiger partial charge is 0.189 e. The predicted octanol–water partition coefficient (Wildman–Crippen LogP) is 8.63.